The van der Waals surface area contributed by atoms with Gasteiger partial charge < -0.3 is 16.0 Å². The lowest BCUT2D eigenvalue weighted by Gasteiger charge is -2.24. The van der Waals surface area contributed by atoms with Gasteiger partial charge in [0.2, 0.25) is 10.0 Å². The number of nitrogens with one attached hydrogen (secondary N) is 4. The lowest BCUT2D eigenvalue weighted by atomic mass is 10.1. The molecule has 1 aromatic heterocycles. The third kappa shape index (κ3) is 5.61. The van der Waals surface area contributed by atoms with Crippen molar-refractivity contribution >= 4 is 32.9 Å². The van der Waals surface area contributed by atoms with E-state index in [1.165, 1.54) is 0 Å². The minimum absolute atomic E-state index is 0.425. The van der Waals surface area contributed by atoms with Crippen molar-refractivity contribution < 1.29 is 8.42 Å². The van der Waals surface area contributed by atoms with Crippen LogP contribution in [0.15, 0.2) is 36.5 Å². The lowest BCUT2D eigenvalue weighted by Crippen LogP contribution is -2.35. The second-order valence-corrected chi connectivity index (χ2v) is 10.9. The predicted octanol–water partition coefficient (Wildman–Crippen LogP) is 3.84. The highest BCUT2D eigenvalue weighted by molar-refractivity contribution is 7.94. The fourth-order valence-corrected chi connectivity index (χ4v) is 3.78. The largest absolute Gasteiger partial charge is 0.367 e. The Morgan fingerprint density at radius 3 is 2.48 bits per heavy atom. The first kappa shape index (κ1) is 21.4. The van der Waals surface area contributed by atoms with Crippen LogP contribution in [0.5, 0.6) is 0 Å². The number of sulfonamides is 1. The number of nitrogens with zero attached hydrogens (tertiary/aromatic N) is 1. The molecule has 0 bridgehead atoms. The number of benzene rings is 1. The summed E-state index contributed by atoms with van der Waals surface area (Å²) in [6, 6.07) is 9.71. The molecule has 0 aliphatic carbocycles. The maximum atomic E-state index is 12.4. The van der Waals surface area contributed by atoms with E-state index in [9.17, 15) is 8.42 Å². The van der Waals surface area contributed by atoms with Crippen LogP contribution >= 0.6 is 0 Å². The van der Waals surface area contributed by atoms with E-state index in [0.717, 1.165) is 48.7 Å². The van der Waals surface area contributed by atoms with E-state index in [1.54, 1.807) is 32.9 Å². The summed E-state index contributed by atoms with van der Waals surface area (Å²) in [5.41, 5.74) is 3.29. The number of piperidine rings is 1. The molecule has 1 aliphatic heterocycles. The Bertz CT molecular complexity index is 948. The van der Waals surface area contributed by atoms with Crippen LogP contribution in [0.2, 0.25) is 0 Å². The summed E-state index contributed by atoms with van der Waals surface area (Å²) in [5.74, 6) is 0.842. The van der Waals surface area contributed by atoms with E-state index in [-0.39, 0.29) is 0 Å². The monoisotopic (exact) mass is 417 g/mol. The van der Waals surface area contributed by atoms with Crippen molar-refractivity contribution in [2.45, 2.75) is 51.3 Å². The Labute approximate surface area is 173 Å². The van der Waals surface area contributed by atoms with Crippen LogP contribution in [0.1, 0.15) is 39.2 Å². The molecule has 0 atom stereocenters. The van der Waals surface area contributed by atoms with Gasteiger partial charge in [0.1, 0.15) is 5.82 Å². The zero-order valence-electron chi connectivity index (χ0n) is 17.5. The van der Waals surface area contributed by atoms with E-state index < -0.39 is 14.8 Å². The topological polar surface area (TPSA) is 95.2 Å². The van der Waals surface area contributed by atoms with E-state index in [4.69, 9.17) is 0 Å². The van der Waals surface area contributed by atoms with E-state index in [2.05, 4.69) is 25.7 Å². The van der Waals surface area contributed by atoms with Crippen molar-refractivity contribution in [3.8, 4) is 0 Å². The third-order valence-electron chi connectivity index (χ3n) is 4.99. The van der Waals surface area contributed by atoms with Crippen molar-refractivity contribution in [3.63, 3.8) is 0 Å². The zero-order valence-corrected chi connectivity index (χ0v) is 18.4. The normalized spacial score (nSPS) is 15.7. The number of aryl methyl sites for hydroxylation is 1. The summed E-state index contributed by atoms with van der Waals surface area (Å²) in [7, 11) is -3.47. The SMILES string of the molecule is Cc1cnc(NC2CCNCC2)cc1Nc1cccc(NS(=O)(=O)C(C)(C)C)c1. The Morgan fingerprint density at radius 1 is 1.10 bits per heavy atom. The standard InChI is InChI=1S/C21H31N5O2S/c1-15-14-23-20(25-16-8-10-22-11-9-16)13-19(15)24-17-6-5-7-18(12-17)26-29(27,28)21(2,3)4/h5-7,12-14,16,22,26H,8-11H2,1-4H3,(H2,23,24,25). The van der Waals surface area contributed by atoms with Crippen LogP contribution in [0, 0.1) is 6.92 Å². The Kier molecular flexibility index (Phi) is 6.33. The molecular weight excluding hydrogens is 386 g/mol. The summed E-state index contributed by atoms with van der Waals surface area (Å²) in [6.45, 7) is 9.06. The average Bonchev–Trinajstić information content (AvgIpc) is 2.64. The van der Waals surface area contributed by atoms with Crippen molar-refractivity contribution in [2.24, 2.45) is 0 Å². The van der Waals surface area contributed by atoms with Crippen LogP contribution in [0.4, 0.5) is 22.9 Å². The van der Waals surface area contributed by atoms with Crippen LogP contribution in [-0.4, -0.2) is 37.3 Å². The van der Waals surface area contributed by atoms with Gasteiger partial charge in [-0.2, -0.15) is 0 Å². The molecule has 0 radical (unpaired) electrons. The van der Waals surface area contributed by atoms with Gasteiger partial charge >= 0.3 is 0 Å². The van der Waals surface area contributed by atoms with Gasteiger partial charge in [0.25, 0.3) is 0 Å². The summed E-state index contributed by atoms with van der Waals surface area (Å²) < 4.78 is 26.6. The lowest BCUT2D eigenvalue weighted by molar-refractivity contribution is 0.478. The van der Waals surface area contributed by atoms with E-state index in [0.29, 0.717) is 11.7 Å². The van der Waals surface area contributed by atoms with Crippen LogP contribution < -0.4 is 20.7 Å². The Hall–Kier alpha value is -2.32. The number of pyridine rings is 1. The number of aromatic nitrogens is 1. The summed E-state index contributed by atoms with van der Waals surface area (Å²) in [4.78, 5) is 4.50. The van der Waals surface area contributed by atoms with Crippen LogP contribution in [0.25, 0.3) is 0 Å². The summed E-state index contributed by atoms with van der Waals surface area (Å²) in [5, 5.41) is 10.3. The van der Waals surface area contributed by atoms with Crippen molar-refractivity contribution in [3.05, 3.63) is 42.1 Å². The van der Waals surface area contributed by atoms with Gasteiger partial charge in [-0.3, -0.25) is 4.72 Å². The van der Waals surface area contributed by atoms with Crippen LogP contribution in [0.3, 0.4) is 0 Å². The van der Waals surface area contributed by atoms with E-state index >= 15 is 0 Å². The molecule has 2 aromatic rings. The molecule has 1 fully saturated rings. The van der Waals surface area contributed by atoms with Crippen LogP contribution in [-0.2, 0) is 10.0 Å². The molecule has 0 spiro atoms. The fraction of sp³-hybridized carbons (Fsp3) is 0.476. The molecule has 0 unspecified atom stereocenters. The summed E-state index contributed by atoms with van der Waals surface area (Å²) in [6.07, 6.45) is 4.00. The second-order valence-electron chi connectivity index (χ2n) is 8.48. The van der Waals surface area contributed by atoms with Crippen molar-refractivity contribution in [1.82, 2.24) is 10.3 Å². The molecule has 0 saturated carbocycles. The predicted molar refractivity (Wildman–Crippen MR) is 121 cm³/mol. The van der Waals surface area contributed by atoms with Gasteiger partial charge in [0, 0.05) is 29.7 Å². The highest BCUT2D eigenvalue weighted by atomic mass is 32.2. The molecule has 0 amide bonds. The molecule has 7 nitrogen and oxygen atoms in total. The number of anilines is 4. The van der Waals surface area contributed by atoms with Gasteiger partial charge in [-0.05, 0) is 77.4 Å². The van der Waals surface area contributed by atoms with Gasteiger partial charge in [-0.25, -0.2) is 13.4 Å². The highest BCUT2D eigenvalue weighted by Gasteiger charge is 2.28. The number of hydrogen-bond acceptors (Lipinski definition) is 6. The van der Waals surface area contributed by atoms with Crippen molar-refractivity contribution in [1.29, 1.82) is 0 Å². The maximum Gasteiger partial charge on any atom is 0.237 e. The minimum Gasteiger partial charge on any atom is -0.367 e. The average molecular weight is 418 g/mol. The first-order chi connectivity index (χ1) is 13.6. The first-order valence-corrected chi connectivity index (χ1v) is 11.5. The molecule has 2 heterocycles. The van der Waals surface area contributed by atoms with Gasteiger partial charge in [-0.15, -0.1) is 0 Å². The molecule has 3 rings (SSSR count). The molecule has 1 aliphatic rings. The second kappa shape index (κ2) is 8.59. The number of hydrogen-bond donors (Lipinski definition) is 4. The molecular formula is C21H31N5O2S. The summed E-state index contributed by atoms with van der Waals surface area (Å²) >= 11 is 0. The van der Waals surface area contributed by atoms with Gasteiger partial charge in [-0.1, -0.05) is 6.07 Å². The van der Waals surface area contributed by atoms with Gasteiger partial charge in [0.05, 0.1) is 10.4 Å². The highest BCUT2D eigenvalue weighted by Crippen LogP contribution is 2.26. The van der Waals surface area contributed by atoms with Gasteiger partial charge in [0.15, 0.2) is 0 Å². The van der Waals surface area contributed by atoms with Crippen molar-refractivity contribution in [2.75, 3.05) is 28.4 Å². The molecule has 29 heavy (non-hydrogen) atoms. The van der Waals surface area contributed by atoms with E-state index in [1.807, 2.05) is 31.3 Å². The number of rotatable bonds is 6. The molecule has 158 valence electrons. The Morgan fingerprint density at radius 2 is 1.79 bits per heavy atom. The minimum atomic E-state index is -3.47. The molecule has 1 saturated heterocycles. The fourth-order valence-electron chi connectivity index (χ4n) is 3.04. The maximum absolute atomic E-state index is 12.4. The molecule has 8 heteroatoms. The Balaban J connectivity index is 1.75. The molecule has 4 N–H and O–H groups in total. The third-order valence-corrected chi connectivity index (χ3v) is 7.11. The quantitative estimate of drug-likeness (QED) is 0.570. The first-order valence-electron chi connectivity index (χ1n) is 9.97. The smallest absolute Gasteiger partial charge is 0.237 e. The molecule has 1 aromatic carbocycles. The zero-order chi connectivity index (χ0) is 21.1.